The fraction of sp³-hybridized carbons (Fsp3) is 0.150. The van der Waals surface area contributed by atoms with E-state index in [0.717, 1.165) is 4.90 Å². The Morgan fingerprint density at radius 2 is 1.48 bits per heavy atom. The van der Waals surface area contributed by atoms with Crippen LogP contribution in [0.1, 0.15) is 26.3 Å². The number of fused-ring (bicyclic) bond motifs is 1. The molecule has 0 unspecified atom stereocenters. The summed E-state index contributed by atoms with van der Waals surface area (Å²) in [6, 6.07) is 12.6. The van der Waals surface area contributed by atoms with Gasteiger partial charge in [0.25, 0.3) is 17.7 Å². The second-order valence-corrected chi connectivity index (χ2v) is 6.25. The predicted octanol–water partition coefficient (Wildman–Crippen LogP) is 0.632. The Balaban J connectivity index is 1.85. The minimum atomic E-state index is -1.29. The van der Waals surface area contributed by atoms with Gasteiger partial charge in [0, 0.05) is 6.42 Å². The van der Waals surface area contributed by atoms with Crippen molar-refractivity contribution in [3.05, 3.63) is 71.3 Å². The van der Waals surface area contributed by atoms with Gasteiger partial charge in [-0.05, 0) is 17.7 Å². The van der Waals surface area contributed by atoms with Gasteiger partial charge in [-0.25, -0.2) is 9.59 Å². The maximum atomic E-state index is 12.8. The lowest BCUT2D eigenvalue weighted by atomic mass is 10.0. The van der Waals surface area contributed by atoms with Crippen molar-refractivity contribution in [3.63, 3.8) is 0 Å². The van der Waals surface area contributed by atoms with Crippen LogP contribution in [0.15, 0.2) is 54.6 Å². The van der Waals surface area contributed by atoms with E-state index in [2.05, 4.69) is 0 Å². The molecule has 9 heteroatoms. The zero-order chi connectivity index (χ0) is 21.0. The van der Waals surface area contributed by atoms with Gasteiger partial charge >= 0.3 is 12.0 Å². The second kappa shape index (κ2) is 8.34. The molecular weight excluding hydrogens is 378 g/mol. The van der Waals surface area contributed by atoms with Crippen LogP contribution in [0.3, 0.4) is 0 Å². The standard InChI is InChI=1S/C20H17N3O6/c21-20(28)22-16(24)11-29-19(27)15(10-12-6-2-1-3-7-12)23-17(25)13-8-4-5-9-14(13)18(23)26/h1-9,15H,10-11H2,(H3,21,22,24,28)/t15-/m1/s1. The quantitative estimate of drug-likeness (QED) is 0.544. The maximum absolute atomic E-state index is 12.8. The van der Waals surface area contributed by atoms with Gasteiger partial charge < -0.3 is 10.5 Å². The zero-order valence-electron chi connectivity index (χ0n) is 15.2. The molecule has 0 radical (unpaired) electrons. The number of esters is 1. The van der Waals surface area contributed by atoms with Gasteiger partial charge in [-0.3, -0.25) is 24.6 Å². The lowest BCUT2D eigenvalue weighted by Crippen LogP contribution is -2.48. The van der Waals surface area contributed by atoms with Crippen LogP contribution in [-0.4, -0.2) is 47.3 Å². The summed E-state index contributed by atoms with van der Waals surface area (Å²) in [6.45, 7) is -0.782. The fourth-order valence-electron chi connectivity index (χ4n) is 3.01. The lowest BCUT2D eigenvalue weighted by molar-refractivity contribution is -0.152. The van der Waals surface area contributed by atoms with Crippen LogP contribution in [-0.2, 0) is 20.7 Å². The van der Waals surface area contributed by atoms with Crippen LogP contribution in [0.4, 0.5) is 4.79 Å². The lowest BCUT2D eigenvalue weighted by Gasteiger charge is -2.24. The first kappa shape index (κ1) is 19.7. The van der Waals surface area contributed by atoms with E-state index in [-0.39, 0.29) is 17.5 Å². The van der Waals surface area contributed by atoms with Gasteiger partial charge in [0.05, 0.1) is 11.1 Å². The number of nitrogens with two attached hydrogens (primary N) is 1. The summed E-state index contributed by atoms with van der Waals surface area (Å²) in [5, 5.41) is 1.76. The van der Waals surface area contributed by atoms with Crippen molar-refractivity contribution < 1.29 is 28.7 Å². The van der Waals surface area contributed by atoms with Crippen molar-refractivity contribution in [1.29, 1.82) is 0 Å². The van der Waals surface area contributed by atoms with Gasteiger partial charge in [-0.1, -0.05) is 42.5 Å². The number of urea groups is 1. The smallest absolute Gasteiger partial charge is 0.330 e. The summed E-state index contributed by atoms with van der Waals surface area (Å²) in [4.78, 5) is 61.3. The molecule has 0 saturated carbocycles. The van der Waals surface area contributed by atoms with Crippen molar-refractivity contribution in [2.75, 3.05) is 6.61 Å². The van der Waals surface area contributed by atoms with Gasteiger partial charge in [0.1, 0.15) is 6.04 Å². The minimum Gasteiger partial charge on any atom is -0.454 e. The highest BCUT2D eigenvalue weighted by Gasteiger charge is 2.43. The molecule has 2 aromatic carbocycles. The number of benzene rings is 2. The molecule has 148 valence electrons. The van der Waals surface area contributed by atoms with E-state index in [1.165, 1.54) is 12.1 Å². The summed E-state index contributed by atoms with van der Waals surface area (Å²) in [5.74, 6) is -3.12. The predicted molar refractivity (Wildman–Crippen MR) is 99.6 cm³/mol. The summed E-state index contributed by atoms with van der Waals surface area (Å²) in [5.41, 5.74) is 5.90. The summed E-state index contributed by atoms with van der Waals surface area (Å²) in [7, 11) is 0. The van der Waals surface area contributed by atoms with Crippen LogP contribution in [0.2, 0.25) is 0 Å². The fourth-order valence-corrected chi connectivity index (χ4v) is 3.01. The number of carbonyl (C=O) groups is 5. The van der Waals surface area contributed by atoms with Crippen LogP contribution >= 0.6 is 0 Å². The van der Waals surface area contributed by atoms with Crippen molar-refractivity contribution in [2.24, 2.45) is 5.73 Å². The molecule has 0 saturated heterocycles. The molecule has 2 aromatic rings. The first-order valence-corrected chi connectivity index (χ1v) is 8.65. The van der Waals surface area contributed by atoms with Crippen molar-refractivity contribution >= 4 is 29.7 Å². The topological polar surface area (TPSA) is 136 Å². The summed E-state index contributed by atoms with van der Waals surface area (Å²) >= 11 is 0. The van der Waals surface area contributed by atoms with E-state index < -0.39 is 42.4 Å². The van der Waals surface area contributed by atoms with E-state index >= 15 is 0 Å². The van der Waals surface area contributed by atoms with Gasteiger partial charge in [-0.15, -0.1) is 0 Å². The minimum absolute atomic E-state index is 0.00256. The van der Waals surface area contributed by atoms with E-state index in [1.54, 1.807) is 47.8 Å². The number of ether oxygens (including phenoxy) is 1. The number of nitrogens with one attached hydrogen (secondary N) is 1. The Bertz CT molecular complexity index is 954. The molecular formula is C20H17N3O6. The number of nitrogens with zero attached hydrogens (tertiary/aromatic N) is 1. The molecule has 29 heavy (non-hydrogen) atoms. The number of rotatable bonds is 6. The number of amides is 5. The molecule has 0 bridgehead atoms. The number of hydrogen-bond donors (Lipinski definition) is 2. The average Bonchev–Trinajstić information content (AvgIpc) is 2.95. The third-order valence-corrected chi connectivity index (χ3v) is 4.29. The Hall–Kier alpha value is -4.01. The molecule has 1 heterocycles. The molecule has 0 spiro atoms. The molecule has 1 aliphatic heterocycles. The largest absolute Gasteiger partial charge is 0.454 e. The molecule has 5 amide bonds. The Morgan fingerprint density at radius 1 is 0.931 bits per heavy atom. The van der Waals surface area contributed by atoms with Crippen LogP contribution in [0.5, 0.6) is 0 Å². The molecule has 1 aliphatic rings. The maximum Gasteiger partial charge on any atom is 0.330 e. The first-order valence-electron chi connectivity index (χ1n) is 8.65. The average molecular weight is 395 g/mol. The highest BCUT2D eigenvalue weighted by atomic mass is 16.5. The zero-order valence-corrected chi connectivity index (χ0v) is 15.2. The first-order chi connectivity index (χ1) is 13.9. The second-order valence-electron chi connectivity index (χ2n) is 6.25. The molecule has 0 fully saturated rings. The van der Waals surface area contributed by atoms with E-state index in [9.17, 15) is 24.0 Å². The molecule has 0 aromatic heterocycles. The van der Waals surface area contributed by atoms with Crippen molar-refractivity contribution in [1.82, 2.24) is 10.2 Å². The molecule has 1 atom stereocenters. The van der Waals surface area contributed by atoms with Gasteiger partial charge in [0.2, 0.25) is 0 Å². The highest BCUT2D eigenvalue weighted by Crippen LogP contribution is 2.26. The van der Waals surface area contributed by atoms with E-state index in [1.807, 2.05) is 0 Å². The van der Waals surface area contributed by atoms with Gasteiger partial charge in [0.15, 0.2) is 6.61 Å². The van der Waals surface area contributed by atoms with Crippen molar-refractivity contribution in [3.8, 4) is 0 Å². The number of primary amides is 1. The van der Waals surface area contributed by atoms with Crippen molar-refractivity contribution in [2.45, 2.75) is 12.5 Å². The Morgan fingerprint density at radius 3 is 2.03 bits per heavy atom. The monoisotopic (exact) mass is 395 g/mol. The highest BCUT2D eigenvalue weighted by molar-refractivity contribution is 6.22. The summed E-state index contributed by atoms with van der Waals surface area (Å²) in [6.07, 6.45) is 0.00256. The molecule has 3 rings (SSSR count). The number of hydrogen-bond acceptors (Lipinski definition) is 6. The van der Waals surface area contributed by atoms with E-state index in [0.29, 0.717) is 5.56 Å². The number of imide groups is 2. The third kappa shape index (κ3) is 4.29. The third-order valence-electron chi connectivity index (χ3n) is 4.29. The Kier molecular flexibility index (Phi) is 5.68. The molecule has 3 N–H and O–H groups in total. The molecule has 9 nitrogen and oxygen atoms in total. The summed E-state index contributed by atoms with van der Waals surface area (Å²) < 4.78 is 4.94. The molecule has 0 aliphatic carbocycles. The van der Waals surface area contributed by atoms with Crippen LogP contribution in [0.25, 0.3) is 0 Å². The van der Waals surface area contributed by atoms with E-state index in [4.69, 9.17) is 10.5 Å². The van der Waals surface area contributed by atoms with Crippen LogP contribution < -0.4 is 11.1 Å². The normalized spacial score (nSPS) is 13.6. The van der Waals surface area contributed by atoms with Crippen LogP contribution in [0, 0.1) is 0 Å². The number of carbonyl (C=O) groups excluding carboxylic acids is 5. The van der Waals surface area contributed by atoms with Gasteiger partial charge in [-0.2, -0.15) is 0 Å². The Labute approximate surface area is 165 Å². The SMILES string of the molecule is NC(=O)NC(=O)COC(=O)[C@@H](Cc1ccccc1)N1C(=O)c2ccccc2C1=O.